The van der Waals surface area contributed by atoms with Crippen LogP contribution in [0.3, 0.4) is 0 Å². The molecule has 6 heteroatoms. The molecule has 1 fully saturated rings. The van der Waals surface area contributed by atoms with Gasteiger partial charge in [-0.25, -0.2) is 9.37 Å². The predicted molar refractivity (Wildman–Crippen MR) is 80.1 cm³/mol. The van der Waals surface area contributed by atoms with Crippen LogP contribution in [0.2, 0.25) is 0 Å². The zero-order valence-electron chi connectivity index (χ0n) is 11.9. The molecule has 0 radical (unpaired) electrons. The zero-order valence-corrected chi connectivity index (χ0v) is 11.9. The lowest BCUT2D eigenvalue weighted by molar-refractivity contribution is 0.0394. The smallest absolute Gasteiger partial charge is 0.252 e. The highest BCUT2D eigenvalue weighted by Crippen LogP contribution is 2.26. The van der Waals surface area contributed by atoms with Crippen LogP contribution in [-0.4, -0.2) is 30.6 Å². The number of hydrogen-bond donors (Lipinski definition) is 1. The first kappa shape index (κ1) is 14.5. The van der Waals surface area contributed by atoms with Gasteiger partial charge in [-0.05, 0) is 29.8 Å². The average Bonchev–Trinajstić information content (AvgIpc) is 2.55. The number of ether oxygens (including phenoxy) is 1. The number of morpholine rings is 1. The van der Waals surface area contributed by atoms with Crippen molar-refractivity contribution < 1.29 is 13.9 Å². The highest BCUT2D eigenvalue weighted by Gasteiger charge is 2.25. The van der Waals surface area contributed by atoms with E-state index < -0.39 is 5.91 Å². The lowest BCUT2D eigenvalue weighted by Crippen LogP contribution is -2.40. The molecule has 0 spiro atoms. The van der Waals surface area contributed by atoms with Crippen LogP contribution in [0.4, 0.5) is 10.2 Å². The molecule has 2 heterocycles. The first-order valence-corrected chi connectivity index (χ1v) is 7.02. The Bertz CT molecular complexity index is 675. The quantitative estimate of drug-likeness (QED) is 0.940. The molecule has 1 aromatic heterocycles. The lowest BCUT2D eigenvalue weighted by Gasteiger charge is -2.34. The van der Waals surface area contributed by atoms with E-state index in [4.69, 9.17) is 10.5 Å². The Balaban J connectivity index is 1.84. The Morgan fingerprint density at radius 1 is 1.32 bits per heavy atom. The van der Waals surface area contributed by atoms with Gasteiger partial charge in [0.2, 0.25) is 0 Å². The number of pyridine rings is 1. The van der Waals surface area contributed by atoms with Crippen LogP contribution in [0.25, 0.3) is 0 Å². The van der Waals surface area contributed by atoms with Crippen LogP contribution >= 0.6 is 0 Å². The summed E-state index contributed by atoms with van der Waals surface area (Å²) >= 11 is 0. The fourth-order valence-corrected chi connectivity index (χ4v) is 2.56. The molecule has 1 atom stereocenters. The van der Waals surface area contributed by atoms with Gasteiger partial charge in [-0.2, -0.15) is 0 Å². The number of halogens is 1. The highest BCUT2D eigenvalue weighted by atomic mass is 19.1. The minimum Gasteiger partial charge on any atom is -0.370 e. The largest absolute Gasteiger partial charge is 0.370 e. The van der Waals surface area contributed by atoms with Gasteiger partial charge in [0, 0.05) is 19.3 Å². The van der Waals surface area contributed by atoms with E-state index in [0.29, 0.717) is 31.1 Å². The van der Waals surface area contributed by atoms with Gasteiger partial charge >= 0.3 is 0 Å². The standard InChI is InChI=1S/C16H16FN3O2/c17-12-5-3-11(4-6-12)14-10-20(8-9-22-14)16-13(15(18)21)2-1-7-19-16/h1-7,14H,8-10H2,(H2,18,21). The minimum atomic E-state index is -0.507. The Labute approximate surface area is 127 Å². The Morgan fingerprint density at radius 2 is 2.09 bits per heavy atom. The predicted octanol–water partition coefficient (Wildman–Crippen LogP) is 1.90. The van der Waals surface area contributed by atoms with Gasteiger partial charge in [-0.1, -0.05) is 12.1 Å². The monoisotopic (exact) mass is 301 g/mol. The molecule has 1 aromatic carbocycles. The molecule has 2 aromatic rings. The number of rotatable bonds is 3. The maximum Gasteiger partial charge on any atom is 0.252 e. The SMILES string of the molecule is NC(=O)c1cccnc1N1CCOC(c2ccc(F)cc2)C1. The summed E-state index contributed by atoms with van der Waals surface area (Å²) in [6.45, 7) is 1.65. The second kappa shape index (κ2) is 6.11. The van der Waals surface area contributed by atoms with Gasteiger partial charge in [-0.3, -0.25) is 4.79 Å². The molecule has 3 rings (SSSR count). The second-order valence-corrected chi connectivity index (χ2v) is 5.10. The summed E-state index contributed by atoms with van der Waals surface area (Å²) in [6.07, 6.45) is 1.43. The molecule has 2 N–H and O–H groups in total. The van der Waals surface area contributed by atoms with E-state index in [1.54, 1.807) is 30.5 Å². The summed E-state index contributed by atoms with van der Waals surface area (Å²) in [5.41, 5.74) is 6.69. The van der Waals surface area contributed by atoms with Crippen LogP contribution in [0.5, 0.6) is 0 Å². The molecular weight excluding hydrogens is 285 g/mol. The summed E-state index contributed by atoms with van der Waals surface area (Å²) in [5, 5.41) is 0. The van der Waals surface area contributed by atoms with Gasteiger partial charge < -0.3 is 15.4 Å². The molecule has 1 amide bonds. The van der Waals surface area contributed by atoms with Crippen LogP contribution in [0, 0.1) is 5.82 Å². The molecule has 1 unspecified atom stereocenters. The van der Waals surface area contributed by atoms with E-state index in [9.17, 15) is 9.18 Å². The fourth-order valence-electron chi connectivity index (χ4n) is 2.56. The van der Waals surface area contributed by atoms with Crippen molar-refractivity contribution in [3.63, 3.8) is 0 Å². The summed E-state index contributed by atoms with van der Waals surface area (Å²) in [4.78, 5) is 17.8. The number of primary amides is 1. The topological polar surface area (TPSA) is 68.5 Å². The Morgan fingerprint density at radius 3 is 2.82 bits per heavy atom. The summed E-state index contributed by atoms with van der Waals surface area (Å²) in [6, 6.07) is 9.57. The molecule has 0 bridgehead atoms. The van der Waals surface area contributed by atoms with E-state index in [1.165, 1.54) is 12.1 Å². The Kier molecular flexibility index (Phi) is 4.02. The zero-order chi connectivity index (χ0) is 15.5. The van der Waals surface area contributed by atoms with Gasteiger partial charge in [0.05, 0.1) is 12.2 Å². The molecule has 0 aliphatic carbocycles. The summed E-state index contributed by atoms with van der Waals surface area (Å²) < 4.78 is 18.8. The van der Waals surface area contributed by atoms with Crippen molar-refractivity contribution in [2.24, 2.45) is 5.73 Å². The molecule has 1 aliphatic rings. The number of aromatic nitrogens is 1. The van der Waals surface area contributed by atoms with Crippen LogP contribution in [-0.2, 0) is 4.74 Å². The van der Waals surface area contributed by atoms with Crippen molar-refractivity contribution in [3.8, 4) is 0 Å². The van der Waals surface area contributed by atoms with Crippen molar-refractivity contribution in [2.45, 2.75) is 6.10 Å². The van der Waals surface area contributed by atoms with E-state index >= 15 is 0 Å². The number of carbonyl (C=O) groups excluding carboxylic acids is 1. The van der Waals surface area contributed by atoms with Gasteiger partial charge in [0.1, 0.15) is 17.7 Å². The van der Waals surface area contributed by atoms with Crippen molar-refractivity contribution in [3.05, 3.63) is 59.5 Å². The minimum absolute atomic E-state index is 0.197. The van der Waals surface area contributed by atoms with E-state index in [1.807, 2.05) is 4.90 Å². The normalized spacial score (nSPS) is 18.2. The van der Waals surface area contributed by atoms with Crippen molar-refractivity contribution in [1.82, 2.24) is 4.98 Å². The summed E-state index contributed by atoms with van der Waals surface area (Å²) in [5.74, 6) is -0.226. The van der Waals surface area contributed by atoms with E-state index in [0.717, 1.165) is 5.56 Å². The van der Waals surface area contributed by atoms with Gasteiger partial charge in [-0.15, -0.1) is 0 Å². The highest BCUT2D eigenvalue weighted by molar-refractivity contribution is 5.97. The molecular formula is C16H16FN3O2. The van der Waals surface area contributed by atoms with Gasteiger partial charge in [0.25, 0.3) is 5.91 Å². The maximum atomic E-state index is 13.0. The molecule has 1 saturated heterocycles. The number of nitrogens with two attached hydrogens (primary N) is 1. The average molecular weight is 301 g/mol. The van der Waals surface area contributed by atoms with E-state index in [-0.39, 0.29) is 11.9 Å². The van der Waals surface area contributed by atoms with Crippen molar-refractivity contribution in [2.75, 3.05) is 24.6 Å². The third kappa shape index (κ3) is 2.92. The van der Waals surface area contributed by atoms with Crippen LogP contribution in [0.1, 0.15) is 22.0 Å². The molecule has 5 nitrogen and oxygen atoms in total. The number of hydrogen-bond acceptors (Lipinski definition) is 4. The number of carbonyl (C=O) groups is 1. The van der Waals surface area contributed by atoms with Gasteiger partial charge in [0.15, 0.2) is 0 Å². The number of anilines is 1. The number of benzene rings is 1. The lowest BCUT2D eigenvalue weighted by atomic mass is 10.1. The first-order valence-electron chi connectivity index (χ1n) is 7.02. The van der Waals surface area contributed by atoms with E-state index in [2.05, 4.69) is 4.98 Å². The second-order valence-electron chi connectivity index (χ2n) is 5.10. The molecule has 114 valence electrons. The fraction of sp³-hybridized carbons (Fsp3) is 0.250. The van der Waals surface area contributed by atoms with Crippen molar-refractivity contribution >= 4 is 11.7 Å². The van der Waals surface area contributed by atoms with Crippen molar-refractivity contribution in [1.29, 1.82) is 0 Å². The van der Waals surface area contributed by atoms with Crippen LogP contribution in [0.15, 0.2) is 42.6 Å². The third-order valence-corrected chi connectivity index (χ3v) is 3.66. The number of amides is 1. The number of nitrogens with zero attached hydrogens (tertiary/aromatic N) is 2. The first-order chi connectivity index (χ1) is 10.6. The third-order valence-electron chi connectivity index (χ3n) is 3.66. The van der Waals surface area contributed by atoms with Crippen LogP contribution < -0.4 is 10.6 Å². The molecule has 1 aliphatic heterocycles. The molecule has 0 saturated carbocycles. The maximum absolute atomic E-state index is 13.0. The summed E-state index contributed by atoms with van der Waals surface area (Å²) in [7, 11) is 0. The Hall–Kier alpha value is -2.47. The molecule has 22 heavy (non-hydrogen) atoms.